The van der Waals surface area contributed by atoms with Crippen molar-refractivity contribution in [3.63, 3.8) is 0 Å². The largest absolute Gasteiger partial charge is 0.376 e. The van der Waals surface area contributed by atoms with Crippen molar-refractivity contribution in [2.24, 2.45) is 5.73 Å². The number of nitrogens with one attached hydrogen (secondary N) is 1. The van der Waals surface area contributed by atoms with E-state index in [0.29, 0.717) is 19.6 Å². The van der Waals surface area contributed by atoms with Gasteiger partial charge in [-0.05, 0) is 5.56 Å². The molecule has 1 aliphatic rings. The SMILES string of the molecule is NC(=O)[C@@H](Cc1ccccc1)NC(=O)[C@H]1COCCO1. The van der Waals surface area contributed by atoms with Crippen LogP contribution in [0.5, 0.6) is 0 Å². The molecule has 1 aromatic rings. The van der Waals surface area contributed by atoms with Crippen molar-refractivity contribution in [1.29, 1.82) is 0 Å². The lowest BCUT2D eigenvalue weighted by atomic mass is 10.1. The highest BCUT2D eigenvalue weighted by Gasteiger charge is 2.26. The third kappa shape index (κ3) is 4.04. The summed E-state index contributed by atoms with van der Waals surface area (Å²) < 4.78 is 10.4. The van der Waals surface area contributed by atoms with Crippen LogP contribution in [0.15, 0.2) is 30.3 Å². The number of hydrogen-bond acceptors (Lipinski definition) is 4. The summed E-state index contributed by atoms with van der Waals surface area (Å²) in [5.74, 6) is -0.941. The van der Waals surface area contributed by atoms with Gasteiger partial charge in [0.25, 0.3) is 5.91 Å². The van der Waals surface area contributed by atoms with E-state index in [1.807, 2.05) is 30.3 Å². The maximum Gasteiger partial charge on any atom is 0.252 e. The van der Waals surface area contributed by atoms with E-state index >= 15 is 0 Å². The van der Waals surface area contributed by atoms with Crippen LogP contribution in [0.25, 0.3) is 0 Å². The summed E-state index contributed by atoms with van der Waals surface area (Å²) in [6.07, 6.45) is -0.323. The first-order valence-electron chi connectivity index (χ1n) is 6.50. The molecule has 1 aromatic carbocycles. The van der Waals surface area contributed by atoms with Crippen LogP contribution in [-0.2, 0) is 25.5 Å². The molecule has 20 heavy (non-hydrogen) atoms. The molecule has 1 aliphatic heterocycles. The molecule has 0 spiro atoms. The van der Waals surface area contributed by atoms with Crippen LogP contribution in [0.4, 0.5) is 0 Å². The summed E-state index contributed by atoms with van der Waals surface area (Å²) in [5, 5.41) is 2.62. The Kier molecular flexibility index (Phi) is 5.09. The fourth-order valence-electron chi connectivity index (χ4n) is 1.98. The number of benzene rings is 1. The van der Waals surface area contributed by atoms with E-state index in [1.165, 1.54) is 0 Å². The Hall–Kier alpha value is -1.92. The van der Waals surface area contributed by atoms with Gasteiger partial charge in [0, 0.05) is 6.42 Å². The van der Waals surface area contributed by atoms with Gasteiger partial charge < -0.3 is 20.5 Å². The average Bonchev–Trinajstić information content (AvgIpc) is 2.48. The first-order valence-corrected chi connectivity index (χ1v) is 6.50. The molecule has 2 amide bonds. The minimum absolute atomic E-state index is 0.197. The first-order chi connectivity index (χ1) is 9.66. The van der Waals surface area contributed by atoms with E-state index in [2.05, 4.69) is 5.32 Å². The van der Waals surface area contributed by atoms with Crippen molar-refractivity contribution >= 4 is 11.8 Å². The molecule has 0 radical (unpaired) electrons. The number of carbonyl (C=O) groups is 2. The lowest BCUT2D eigenvalue weighted by Gasteiger charge is -2.24. The smallest absolute Gasteiger partial charge is 0.252 e. The number of nitrogens with two attached hydrogens (primary N) is 1. The Morgan fingerprint density at radius 2 is 2.05 bits per heavy atom. The quantitative estimate of drug-likeness (QED) is 0.768. The first kappa shape index (κ1) is 14.5. The van der Waals surface area contributed by atoms with Crippen molar-refractivity contribution in [2.45, 2.75) is 18.6 Å². The molecule has 6 nitrogen and oxygen atoms in total. The van der Waals surface area contributed by atoms with Crippen molar-refractivity contribution < 1.29 is 19.1 Å². The number of ether oxygens (including phenoxy) is 2. The van der Waals surface area contributed by atoms with Gasteiger partial charge in [0.15, 0.2) is 6.10 Å². The van der Waals surface area contributed by atoms with E-state index < -0.39 is 18.1 Å². The van der Waals surface area contributed by atoms with Crippen molar-refractivity contribution in [1.82, 2.24) is 5.32 Å². The molecule has 1 heterocycles. The van der Waals surface area contributed by atoms with E-state index in [0.717, 1.165) is 5.56 Å². The fourth-order valence-corrected chi connectivity index (χ4v) is 1.98. The molecule has 2 atom stereocenters. The lowest BCUT2D eigenvalue weighted by Crippen LogP contribution is -2.51. The third-order valence-corrected chi connectivity index (χ3v) is 3.05. The van der Waals surface area contributed by atoms with Gasteiger partial charge in [-0.1, -0.05) is 30.3 Å². The van der Waals surface area contributed by atoms with Gasteiger partial charge in [-0.15, -0.1) is 0 Å². The third-order valence-electron chi connectivity index (χ3n) is 3.05. The second-order valence-corrected chi connectivity index (χ2v) is 4.59. The fraction of sp³-hybridized carbons (Fsp3) is 0.429. The minimum Gasteiger partial charge on any atom is -0.376 e. The predicted octanol–water partition coefficient (Wildman–Crippen LogP) is -0.385. The topological polar surface area (TPSA) is 90.7 Å². The van der Waals surface area contributed by atoms with Crippen LogP contribution in [0.3, 0.4) is 0 Å². The zero-order chi connectivity index (χ0) is 14.4. The van der Waals surface area contributed by atoms with Gasteiger partial charge in [-0.25, -0.2) is 0 Å². The van der Waals surface area contributed by atoms with Crippen molar-refractivity contribution in [3.8, 4) is 0 Å². The van der Waals surface area contributed by atoms with Gasteiger partial charge in [0.05, 0.1) is 19.8 Å². The molecule has 3 N–H and O–H groups in total. The van der Waals surface area contributed by atoms with Gasteiger partial charge >= 0.3 is 0 Å². The van der Waals surface area contributed by atoms with E-state index in [9.17, 15) is 9.59 Å². The highest BCUT2D eigenvalue weighted by molar-refractivity contribution is 5.88. The van der Waals surface area contributed by atoms with Gasteiger partial charge in [0.2, 0.25) is 5.91 Å². The zero-order valence-corrected chi connectivity index (χ0v) is 11.1. The number of primary amides is 1. The van der Waals surface area contributed by atoms with Crippen molar-refractivity contribution in [3.05, 3.63) is 35.9 Å². The normalized spacial score (nSPS) is 20.1. The molecular weight excluding hydrogens is 260 g/mol. The van der Waals surface area contributed by atoms with Crippen LogP contribution >= 0.6 is 0 Å². The van der Waals surface area contributed by atoms with Crippen molar-refractivity contribution in [2.75, 3.05) is 19.8 Å². The molecule has 2 rings (SSSR count). The molecule has 0 aromatic heterocycles. The van der Waals surface area contributed by atoms with E-state index in [4.69, 9.17) is 15.2 Å². The second-order valence-electron chi connectivity index (χ2n) is 4.59. The summed E-state index contributed by atoms with van der Waals surface area (Å²) in [5.41, 5.74) is 6.26. The monoisotopic (exact) mass is 278 g/mol. The molecule has 0 unspecified atom stereocenters. The molecule has 1 saturated heterocycles. The zero-order valence-electron chi connectivity index (χ0n) is 11.1. The molecular formula is C14H18N2O4. The minimum atomic E-state index is -0.754. The maximum absolute atomic E-state index is 12.0. The standard InChI is InChI=1S/C14H18N2O4/c15-13(17)11(8-10-4-2-1-3-5-10)16-14(18)12-9-19-6-7-20-12/h1-5,11-12H,6-9H2,(H2,15,17)(H,16,18)/t11-,12-/m1/s1. The molecule has 0 bridgehead atoms. The number of hydrogen-bond donors (Lipinski definition) is 2. The van der Waals surface area contributed by atoms with Gasteiger partial charge in [-0.2, -0.15) is 0 Å². The van der Waals surface area contributed by atoms with Crippen LogP contribution < -0.4 is 11.1 Å². The number of amides is 2. The Bertz CT molecular complexity index is 458. The van der Waals surface area contributed by atoms with Gasteiger partial charge in [0.1, 0.15) is 6.04 Å². The Balaban J connectivity index is 1.95. The summed E-state index contributed by atoms with van der Waals surface area (Å²) in [4.78, 5) is 23.4. The molecule has 6 heteroatoms. The summed E-state index contributed by atoms with van der Waals surface area (Å²) in [6.45, 7) is 1.05. The van der Waals surface area contributed by atoms with E-state index in [1.54, 1.807) is 0 Å². The van der Waals surface area contributed by atoms with Crippen LogP contribution in [0.2, 0.25) is 0 Å². The Labute approximate surface area is 117 Å². The molecule has 108 valence electrons. The van der Waals surface area contributed by atoms with Crippen LogP contribution in [-0.4, -0.2) is 43.8 Å². The molecule has 0 saturated carbocycles. The Morgan fingerprint density at radius 1 is 1.30 bits per heavy atom. The highest BCUT2D eigenvalue weighted by Crippen LogP contribution is 2.05. The predicted molar refractivity (Wildman–Crippen MR) is 71.8 cm³/mol. The molecule has 0 aliphatic carbocycles. The van der Waals surface area contributed by atoms with Gasteiger partial charge in [-0.3, -0.25) is 9.59 Å². The summed E-state index contributed by atoms with van der Waals surface area (Å²) >= 11 is 0. The average molecular weight is 278 g/mol. The summed E-state index contributed by atoms with van der Waals surface area (Å²) in [7, 11) is 0. The number of carbonyl (C=O) groups excluding carboxylic acids is 2. The highest BCUT2D eigenvalue weighted by atomic mass is 16.6. The Morgan fingerprint density at radius 3 is 2.65 bits per heavy atom. The molecule has 1 fully saturated rings. The number of rotatable bonds is 5. The maximum atomic E-state index is 12.0. The summed E-state index contributed by atoms with van der Waals surface area (Å²) in [6, 6.07) is 8.62. The van der Waals surface area contributed by atoms with E-state index in [-0.39, 0.29) is 12.5 Å². The lowest BCUT2D eigenvalue weighted by molar-refractivity contribution is -0.149. The second kappa shape index (κ2) is 7.02. The van der Waals surface area contributed by atoms with Crippen LogP contribution in [0, 0.1) is 0 Å². The van der Waals surface area contributed by atoms with Crippen LogP contribution in [0.1, 0.15) is 5.56 Å².